The van der Waals surface area contributed by atoms with Crippen molar-refractivity contribution in [1.29, 1.82) is 5.26 Å². The maximum atomic E-state index is 8.50. The van der Waals surface area contributed by atoms with Crippen molar-refractivity contribution >= 4 is 28.9 Å². The highest BCUT2D eigenvalue weighted by atomic mass is 35.5. The quantitative estimate of drug-likeness (QED) is 0.847. The number of nitriles is 1. The summed E-state index contributed by atoms with van der Waals surface area (Å²) in [4.78, 5) is 6.00. The van der Waals surface area contributed by atoms with Gasteiger partial charge in [0.25, 0.3) is 0 Å². The van der Waals surface area contributed by atoms with Gasteiger partial charge in [-0.2, -0.15) is 5.26 Å². The lowest BCUT2D eigenvalue weighted by atomic mass is 10.2. The summed E-state index contributed by atoms with van der Waals surface area (Å²) >= 11 is 12.4. The maximum Gasteiger partial charge on any atom is 0.236 e. The maximum absolute atomic E-state index is 8.50. The number of pyridine rings is 1. The van der Waals surface area contributed by atoms with E-state index in [9.17, 15) is 0 Å². The van der Waals surface area contributed by atoms with E-state index in [0.717, 1.165) is 0 Å². The van der Waals surface area contributed by atoms with Gasteiger partial charge in [-0.1, -0.05) is 30.1 Å². The van der Waals surface area contributed by atoms with Crippen molar-refractivity contribution < 1.29 is 4.74 Å². The molecular weight excluding hydrogens is 261 g/mol. The van der Waals surface area contributed by atoms with Crippen molar-refractivity contribution in [3.8, 4) is 11.9 Å². The van der Waals surface area contributed by atoms with Crippen molar-refractivity contribution in [3.05, 3.63) is 15.7 Å². The zero-order chi connectivity index (χ0) is 13.0. The van der Waals surface area contributed by atoms with Crippen molar-refractivity contribution in [2.24, 2.45) is 0 Å². The minimum Gasteiger partial charge on any atom is -0.461 e. The molecule has 0 radical (unpaired) electrons. The number of hydrogen-bond acceptors (Lipinski definition) is 4. The molecule has 0 N–H and O–H groups in total. The second-order valence-corrected chi connectivity index (χ2v) is 4.29. The molecule has 0 atom stereocenters. The van der Waals surface area contributed by atoms with E-state index in [0.29, 0.717) is 27.8 Å². The Morgan fingerprint density at radius 2 is 2.00 bits per heavy atom. The first-order valence-corrected chi connectivity index (χ1v) is 5.83. The minimum absolute atomic E-state index is 0.0929. The van der Waals surface area contributed by atoms with Crippen LogP contribution in [-0.2, 0) is 6.42 Å². The van der Waals surface area contributed by atoms with Gasteiger partial charge in [0, 0.05) is 14.1 Å². The number of aromatic nitrogens is 1. The van der Waals surface area contributed by atoms with E-state index < -0.39 is 0 Å². The van der Waals surface area contributed by atoms with Crippen molar-refractivity contribution in [1.82, 2.24) is 4.98 Å². The Labute approximate surface area is 111 Å². The fraction of sp³-hybridized carbons (Fsp3) is 0.455. The van der Waals surface area contributed by atoms with E-state index >= 15 is 0 Å². The van der Waals surface area contributed by atoms with Crippen molar-refractivity contribution in [2.75, 3.05) is 25.6 Å². The molecule has 1 rings (SSSR count). The summed E-state index contributed by atoms with van der Waals surface area (Å²) in [5, 5.41) is 9.34. The number of rotatable bonds is 4. The Kier molecular flexibility index (Phi) is 4.86. The molecule has 92 valence electrons. The molecule has 6 heteroatoms. The molecule has 17 heavy (non-hydrogen) atoms. The molecule has 0 spiro atoms. The molecule has 0 saturated heterocycles. The summed E-state index contributed by atoms with van der Waals surface area (Å²) in [5.74, 6) is 0.248. The average Bonchev–Trinajstić information content (AvgIpc) is 2.28. The van der Waals surface area contributed by atoms with E-state index in [1.807, 2.05) is 27.1 Å². The van der Waals surface area contributed by atoms with Crippen LogP contribution in [0.15, 0.2) is 0 Å². The first-order valence-electron chi connectivity index (χ1n) is 5.07. The number of hydrogen-bond donors (Lipinski definition) is 0. The molecule has 0 aromatic carbocycles. The van der Waals surface area contributed by atoms with Crippen molar-refractivity contribution in [3.63, 3.8) is 0 Å². The number of ether oxygens (including phenoxy) is 1. The lowest BCUT2D eigenvalue weighted by Crippen LogP contribution is -2.13. The van der Waals surface area contributed by atoms with E-state index in [1.165, 1.54) is 0 Å². The summed E-state index contributed by atoms with van der Waals surface area (Å²) in [5.41, 5.74) is 1.36. The molecule has 1 aromatic heterocycles. The Bertz CT molecular complexity index is 455. The predicted molar refractivity (Wildman–Crippen MR) is 69.1 cm³/mol. The molecule has 1 heterocycles. The van der Waals surface area contributed by atoms with Gasteiger partial charge in [-0.3, -0.25) is 0 Å². The summed E-state index contributed by atoms with van der Waals surface area (Å²) < 4.78 is 5.18. The van der Waals surface area contributed by atoms with Gasteiger partial charge in [-0.15, -0.1) is 0 Å². The van der Waals surface area contributed by atoms with Gasteiger partial charge in [0.1, 0.15) is 11.1 Å². The number of nitrogens with zero attached hydrogens (tertiary/aromatic N) is 3. The van der Waals surface area contributed by atoms with Gasteiger partial charge < -0.3 is 9.64 Å². The lowest BCUT2D eigenvalue weighted by Gasteiger charge is -2.19. The standard InChI is InChI=1S/C11H13Cl2N3O/c1-4-7-8(12)10(16(2)3)9(13)11(15-7)17-6-5-14/h4,6H2,1-3H3. The Morgan fingerprint density at radius 1 is 1.35 bits per heavy atom. The molecule has 0 aliphatic carbocycles. The molecule has 0 aliphatic heterocycles. The van der Waals surface area contributed by atoms with Crippen LogP contribution < -0.4 is 9.64 Å². The molecule has 4 nitrogen and oxygen atoms in total. The predicted octanol–water partition coefficient (Wildman–Crippen LogP) is 2.92. The first kappa shape index (κ1) is 13.9. The molecule has 0 bridgehead atoms. The minimum atomic E-state index is -0.0929. The molecule has 0 fully saturated rings. The number of anilines is 1. The molecule has 0 saturated carbocycles. The van der Waals surface area contributed by atoms with Gasteiger partial charge in [-0.25, -0.2) is 4.98 Å². The monoisotopic (exact) mass is 273 g/mol. The first-order chi connectivity index (χ1) is 8.02. The number of halogens is 2. The van der Waals surface area contributed by atoms with Crippen LogP contribution >= 0.6 is 23.2 Å². The Hall–Kier alpha value is -1.18. The largest absolute Gasteiger partial charge is 0.461 e. The fourth-order valence-electron chi connectivity index (χ4n) is 1.38. The SMILES string of the molecule is CCc1nc(OCC#N)c(Cl)c(N(C)C)c1Cl. The van der Waals surface area contributed by atoms with E-state index in [1.54, 1.807) is 4.90 Å². The highest BCUT2D eigenvalue weighted by Gasteiger charge is 2.19. The lowest BCUT2D eigenvalue weighted by molar-refractivity contribution is 0.352. The summed E-state index contributed by atoms with van der Waals surface area (Å²) in [6.07, 6.45) is 0.666. The molecule has 1 aromatic rings. The molecule has 0 unspecified atom stereocenters. The van der Waals surface area contributed by atoms with E-state index in [-0.39, 0.29) is 12.5 Å². The Morgan fingerprint density at radius 3 is 2.47 bits per heavy atom. The third-order valence-electron chi connectivity index (χ3n) is 2.15. The van der Waals surface area contributed by atoms with Crippen LogP contribution in [0.25, 0.3) is 0 Å². The second-order valence-electron chi connectivity index (χ2n) is 3.53. The van der Waals surface area contributed by atoms with Gasteiger partial charge in [0.15, 0.2) is 6.61 Å². The van der Waals surface area contributed by atoms with Gasteiger partial charge in [0.05, 0.1) is 16.4 Å². The second kappa shape index (κ2) is 5.95. The van der Waals surface area contributed by atoms with Crippen LogP contribution in [0.4, 0.5) is 5.69 Å². The molecular formula is C11H13Cl2N3O. The van der Waals surface area contributed by atoms with Crippen LogP contribution in [0.5, 0.6) is 5.88 Å². The summed E-state index contributed by atoms with van der Waals surface area (Å²) in [6.45, 7) is 1.85. The van der Waals surface area contributed by atoms with Gasteiger partial charge in [0.2, 0.25) is 5.88 Å². The summed E-state index contributed by atoms with van der Waals surface area (Å²) in [7, 11) is 3.67. The molecule has 0 amide bonds. The zero-order valence-electron chi connectivity index (χ0n) is 9.92. The zero-order valence-corrected chi connectivity index (χ0v) is 11.4. The van der Waals surface area contributed by atoms with Crippen LogP contribution in [0.2, 0.25) is 10.0 Å². The van der Waals surface area contributed by atoms with Crippen LogP contribution in [0, 0.1) is 11.3 Å². The van der Waals surface area contributed by atoms with Crippen LogP contribution in [0.1, 0.15) is 12.6 Å². The topological polar surface area (TPSA) is 49.1 Å². The summed E-state index contributed by atoms with van der Waals surface area (Å²) in [6, 6.07) is 1.88. The highest BCUT2D eigenvalue weighted by molar-refractivity contribution is 6.40. The number of aryl methyl sites for hydroxylation is 1. The van der Waals surface area contributed by atoms with Gasteiger partial charge >= 0.3 is 0 Å². The van der Waals surface area contributed by atoms with Crippen LogP contribution in [-0.4, -0.2) is 25.7 Å². The van der Waals surface area contributed by atoms with Crippen LogP contribution in [0.3, 0.4) is 0 Å². The fourth-order valence-corrected chi connectivity index (χ4v) is 2.23. The third kappa shape index (κ3) is 2.93. The smallest absolute Gasteiger partial charge is 0.236 e. The molecule has 0 aliphatic rings. The van der Waals surface area contributed by atoms with Gasteiger partial charge in [-0.05, 0) is 6.42 Å². The van der Waals surface area contributed by atoms with Crippen molar-refractivity contribution in [2.45, 2.75) is 13.3 Å². The normalized spacial score (nSPS) is 9.88. The third-order valence-corrected chi connectivity index (χ3v) is 2.89. The highest BCUT2D eigenvalue weighted by Crippen LogP contribution is 2.39. The Balaban J connectivity index is 3.33. The van der Waals surface area contributed by atoms with E-state index in [2.05, 4.69) is 4.98 Å². The van der Waals surface area contributed by atoms with E-state index in [4.69, 9.17) is 33.2 Å². The average molecular weight is 274 g/mol.